The molecule has 0 aliphatic rings. The first-order chi connectivity index (χ1) is 9.73. The molecule has 0 amide bonds. The van der Waals surface area contributed by atoms with Gasteiger partial charge in [-0.05, 0) is 12.3 Å². The van der Waals surface area contributed by atoms with Crippen LogP contribution in [0.2, 0.25) is 0 Å². The van der Waals surface area contributed by atoms with E-state index in [1.54, 1.807) is 0 Å². The van der Waals surface area contributed by atoms with Crippen LogP contribution in [-0.2, 0) is 23.9 Å². The lowest BCUT2D eigenvalue weighted by molar-refractivity contribution is -0.142. The molecule has 0 fully saturated rings. The number of carbonyl (C=O) groups is 2. The van der Waals surface area contributed by atoms with Crippen LogP contribution in [0.5, 0.6) is 0 Å². The van der Waals surface area contributed by atoms with Gasteiger partial charge in [0, 0.05) is 0 Å². The number of unbranched alkanes of at least 4 members (excludes halogenated alkanes) is 4. The third-order valence-corrected chi connectivity index (χ3v) is 4.17. The number of hydrogen-bond donors (Lipinski definition) is 1. The van der Waals surface area contributed by atoms with Gasteiger partial charge in [0.1, 0.15) is 0 Å². The van der Waals surface area contributed by atoms with Gasteiger partial charge in [-0.3, -0.25) is 9.59 Å². The van der Waals surface area contributed by atoms with Gasteiger partial charge in [0.15, 0.2) is 0 Å². The van der Waals surface area contributed by atoms with Gasteiger partial charge < -0.3 is 9.29 Å². The van der Waals surface area contributed by atoms with Crippen molar-refractivity contribution < 1.29 is 27.3 Å². The van der Waals surface area contributed by atoms with Gasteiger partial charge in [-0.2, -0.15) is 8.42 Å². The summed E-state index contributed by atoms with van der Waals surface area (Å²) in [7, 11) is -3.88. The van der Waals surface area contributed by atoms with E-state index in [-0.39, 0.29) is 5.75 Å². The molecule has 0 saturated carbocycles. The number of rotatable bonds is 12. The molecule has 0 aromatic rings. The predicted octanol–water partition coefficient (Wildman–Crippen LogP) is 2.72. The Bertz CT molecular complexity index is 413. The third-order valence-electron chi connectivity index (χ3n) is 2.94. The van der Waals surface area contributed by atoms with Crippen LogP contribution in [0.1, 0.15) is 65.2 Å². The van der Waals surface area contributed by atoms with E-state index < -0.39 is 34.9 Å². The maximum absolute atomic E-state index is 11.5. The molecule has 0 saturated heterocycles. The number of hydrogen-bond acceptors (Lipinski definition) is 5. The summed E-state index contributed by atoms with van der Waals surface area (Å²) in [6, 6.07) is 0. The average Bonchev–Trinajstić information content (AvgIpc) is 2.34. The summed E-state index contributed by atoms with van der Waals surface area (Å²) in [6.07, 6.45) is 4.76. The monoisotopic (exact) mass is 322 g/mol. The van der Waals surface area contributed by atoms with Crippen molar-refractivity contribution in [3.63, 3.8) is 0 Å². The van der Waals surface area contributed by atoms with Gasteiger partial charge >= 0.3 is 22.1 Å². The lowest BCUT2D eigenvalue weighted by atomic mass is 10.0. The number of aliphatic carboxylic acids is 1. The van der Waals surface area contributed by atoms with E-state index >= 15 is 0 Å². The van der Waals surface area contributed by atoms with Crippen LogP contribution >= 0.6 is 0 Å². The van der Waals surface area contributed by atoms with Crippen molar-refractivity contribution in [3.05, 3.63) is 0 Å². The van der Waals surface area contributed by atoms with E-state index in [9.17, 15) is 18.0 Å². The van der Waals surface area contributed by atoms with Crippen LogP contribution in [0.25, 0.3) is 0 Å². The van der Waals surface area contributed by atoms with Crippen LogP contribution in [0.3, 0.4) is 0 Å². The Morgan fingerprint density at radius 2 is 1.57 bits per heavy atom. The summed E-state index contributed by atoms with van der Waals surface area (Å²) < 4.78 is 27.3. The maximum atomic E-state index is 11.5. The summed E-state index contributed by atoms with van der Waals surface area (Å²) in [5.74, 6) is -1.67. The van der Waals surface area contributed by atoms with Crippen molar-refractivity contribution in [1.29, 1.82) is 0 Å². The summed E-state index contributed by atoms with van der Waals surface area (Å²) in [5, 5.41) is 8.38. The summed E-state index contributed by atoms with van der Waals surface area (Å²) in [5.41, 5.74) is 0. The molecule has 1 N–H and O–H groups in total. The fraction of sp³-hybridized carbons (Fsp3) is 0.857. The molecule has 124 valence electrons. The molecule has 0 aromatic heterocycles. The van der Waals surface area contributed by atoms with Crippen LogP contribution in [0.15, 0.2) is 0 Å². The van der Waals surface area contributed by atoms with E-state index in [2.05, 4.69) is 18.0 Å². The first kappa shape index (κ1) is 19.9. The molecule has 0 atom stereocenters. The zero-order valence-electron chi connectivity index (χ0n) is 12.8. The Balaban J connectivity index is 3.73. The molecule has 0 unspecified atom stereocenters. The van der Waals surface area contributed by atoms with E-state index in [0.29, 0.717) is 12.3 Å². The Morgan fingerprint density at radius 1 is 1.00 bits per heavy atom. The first-order valence-corrected chi connectivity index (χ1v) is 8.97. The fourth-order valence-electron chi connectivity index (χ4n) is 1.80. The van der Waals surface area contributed by atoms with Gasteiger partial charge in [0.25, 0.3) is 0 Å². The molecule has 21 heavy (non-hydrogen) atoms. The topological polar surface area (TPSA) is 97.7 Å². The molecular formula is C14H26O6S. The number of carboxylic acids is 1. The number of carbonyl (C=O) groups excluding carboxylic acids is 1. The highest BCUT2D eigenvalue weighted by atomic mass is 32.2. The minimum absolute atomic E-state index is 0.198. The van der Waals surface area contributed by atoms with Crippen molar-refractivity contribution in [2.75, 3.05) is 5.75 Å². The van der Waals surface area contributed by atoms with Crippen molar-refractivity contribution in [2.24, 2.45) is 5.92 Å². The fourth-order valence-corrected chi connectivity index (χ4v) is 2.80. The molecule has 0 aliphatic carbocycles. The Morgan fingerprint density at radius 3 is 2.14 bits per heavy atom. The maximum Gasteiger partial charge on any atom is 0.322 e. The average molecular weight is 322 g/mol. The molecule has 6 nitrogen and oxygen atoms in total. The van der Waals surface area contributed by atoms with Crippen LogP contribution < -0.4 is 0 Å². The van der Waals surface area contributed by atoms with Gasteiger partial charge in [-0.15, -0.1) is 0 Å². The highest BCUT2D eigenvalue weighted by molar-refractivity contribution is 7.87. The quantitative estimate of drug-likeness (QED) is 0.438. The summed E-state index contributed by atoms with van der Waals surface area (Å²) in [4.78, 5) is 21.4. The molecule has 0 heterocycles. The Labute approximate surface area is 127 Å². The largest absolute Gasteiger partial charge is 0.481 e. The van der Waals surface area contributed by atoms with E-state index in [0.717, 1.165) is 25.7 Å². The Kier molecular flexibility index (Phi) is 10.0. The predicted molar refractivity (Wildman–Crippen MR) is 79.3 cm³/mol. The lowest BCUT2D eigenvalue weighted by Crippen LogP contribution is -2.17. The van der Waals surface area contributed by atoms with Crippen LogP contribution in [-0.4, -0.2) is 31.2 Å². The van der Waals surface area contributed by atoms with E-state index in [4.69, 9.17) is 5.11 Å². The summed E-state index contributed by atoms with van der Waals surface area (Å²) in [6.45, 7) is 4.34. The molecule has 0 aromatic carbocycles. The molecule has 0 bridgehead atoms. The lowest BCUT2D eigenvalue weighted by Gasteiger charge is -2.06. The van der Waals surface area contributed by atoms with Crippen molar-refractivity contribution in [1.82, 2.24) is 0 Å². The van der Waals surface area contributed by atoms with Crippen LogP contribution in [0, 0.1) is 5.92 Å². The van der Waals surface area contributed by atoms with E-state index in [1.165, 1.54) is 6.42 Å². The first-order valence-electron chi connectivity index (χ1n) is 7.39. The van der Waals surface area contributed by atoms with Crippen LogP contribution in [0.4, 0.5) is 0 Å². The number of carboxylic acid groups (broad SMARTS) is 1. The van der Waals surface area contributed by atoms with Gasteiger partial charge in [0.05, 0.1) is 18.6 Å². The van der Waals surface area contributed by atoms with Crippen molar-refractivity contribution in [2.45, 2.75) is 65.2 Å². The SMILES string of the molecule is CC(C)CCCCCCCS(=O)(=O)OC(=O)CCC(=O)O. The molecule has 0 aliphatic heterocycles. The van der Waals surface area contributed by atoms with Crippen molar-refractivity contribution in [3.8, 4) is 0 Å². The highest BCUT2D eigenvalue weighted by Crippen LogP contribution is 2.11. The molecule has 7 heteroatoms. The second-order valence-electron chi connectivity index (χ2n) is 5.56. The Hall–Kier alpha value is -1.11. The highest BCUT2D eigenvalue weighted by Gasteiger charge is 2.17. The van der Waals surface area contributed by atoms with Gasteiger partial charge in [-0.25, -0.2) is 0 Å². The molecule has 0 rings (SSSR count). The minimum atomic E-state index is -3.88. The van der Waals surface area contributed by atoms with Gasteiger partial charge in [0.2, 0.25) is 0 Å². The molecule has 0 spiro atoms. The smallest absolute Gasteiger partial charge is 0.322 e. The molecule has 0 radical (unpaired) electrons. The molecular weight excluding hydrogens is 296 g/mol. The summed E-state index contributed by atoms with van der Waals surface area (Å²) >= 11 is 0. The van der Waals surface area contributed by atoms with E-state index in [1.807, 2.05) is 0 Å². The van der Waals surface area contributed by atoms with Crippen molar-refractivity contribution >= 4 is 22.1 Å². The third kappa shape index (κ3) is 13.6. The van der Waals surface area contributed by atoms with Gasteiger partial charge in [-0.1, -0.05) is 46.0 Å². The zero-order valence-corrected chi connectivity index (χ0v) is 13.7. The normalized spacial score (nSPS) is 11.6. The standard InChI is InChI=1S/C14H26O6S/c1-12(2)8-6-4-3-5-7-11-21(18,19)20-14(17)10-9-13(15)16/h12H,3-11H2,1-2H3,(H,15,16). The second-order valence-corrected chi connectivity index (χ2v) is 7.25. The minimum Gasteiger partial charge on any atom is -0.481 e. The second kappa shape index (κ2) is 10.6. The zero-order chi connectivity index (χ0) is 16.3.